The molecule has 2 aromatic rings. The number of rotatable bonds is 6. The molecule has 3 rings (SSSR count). The average molecular weight is 416 g/mol. The zero-order chi connectivity index (χ0) is 21.7. The molecule has 1 aliphatic heterocycles. The molecule has 2 amide bonds. The summed E-state index contributed by atoms with van der Waals surface area (Å²) in [5.41, 5.74) is 3.14. The second-order valence-corrected chi connectivity index (χ2v) is 7.40. The van der Waals surface area contributed by atoms with Crippen molar-refractivity contribution in [2.75, 3.05) is 43.4 Å². The van der Waals surface area contributed by atoms with Gasteiger partial charge in [-0.15, -0.1) is 0 Å². The Bertz CT molecular complexity index is 927. The van der Waals surface area contributed by atoms with Gasteiger partial charge in [-0.1, -0.05) is 12.1 Å². The summed E-state index contributed by atoms with van der Waals surface area (Å²) >= 11 is 0. The molecule has 0 unspecified atom stereocenters. The van der Waals surface area contributed by atoms with Gasteiger partial charge in [0, 0.05) is 57.1 Å². The third-order valence-corrected chi connectivity index (χ3v) is 5.30. The molecule has 0 saturated carbocycles. The first kappa shape index (κ1) is 21.7. The molecule has 160 valence electrons. The van der Waals surface area contributed by atoms with Crippen molar-refractivity contribution < 1.29 is 18.4 Å². The fraction of sp³-hybridized carbons (Fsp3) is 0.364. The summed E-state index contributed by atoms with van der Waals surface area (Å²) in [6, 6.07) is 9.17. The number of nitrogens with one attached hydrogen (secondary N) is 2. The van der Waals surface area contributed by atoms with Crippen LogP contribution in [0, 0.1) is 18.6 Å². The Balaban J connectivity index is 1.56. The number of piperazine rings is 1. The van der Waals surface area contributed by atoms with Crippen LogP contribution in [0.25, 0.3) is 0 Å². The lowest BCUT2D eigenvalue weighted by Gasteiger charge is -2.34. The van der Waals surface area contributed by atoms with Crippen LogP contribution in [0.2, 0.25) is 0 Å². The van der Waals surface area contributed by atoms with E-state index in [1.165, 1.54) is 6.07 Å². The van der Waals surface area contributed by atoms with Crippen LogP contribution in [0.3, 0.4) is 0 Å². The lowest BCUT2D eigenvalue weighted by Crippen LogP contribution is -2.47. The van der Waals surface area contributed by atoms with E-state index in [-0.39, 0.29) is 18.4 Å². The van der Waals surface area contributed by atoms with Gasteiger partial charge in [0.2, 0.25) is 11.8 Å². The molecule has 30 heavy (non-hydrogen) atoms. The Labute approximate surface area is 174 Å². The predicted octanol–water partition coefficient (Wildman–Crippen LogP) is 2.99. The van der Waals surface area contributed by atoms with Gasteiger partial charge < -0.3 is 15.5 Å². The number of amides is 2. The van der Waals surface area contributed by atoms with Crippen LogP contribution >= 0.6 is 0 Å². The minimum atomic E-state index is -0.965. The van der Waals surface area contributed by atoms with Crippen molar-refractivity contribution in [1.82, 2.24) is 9.80 Å². The van der Waals surface area contributed by atoms with Crippen molar-refractivity contribution in [3.05, 3.63) is 59.2 Å². The number of hydrogen-bond donors (Lipinski definition) is 2. The van der Waals surface area contributed by atoms with E-state index in [2.05, 4.69) is 15.5 Å². The van der Waals surface area contributed by atoms with Crippen LogP contribution in [-0.2, 0) is 16.1 Å². The maximum absolute atomic E-state index is 13.3. The lowest BCUT2D eigenvalue weighted by molar-refractivity contribution is -0.130. The molecular formula is C22H26F2N4O2. The zero-order valence-corrected chi connectivity index (χ0v) is 17.2. The van der Waals surface area contributed by atoms with Gasteiger partial charge in [-0.2, -0.15) is 0 Å². The van der Waals surface area contributed by atoms with E-state index in [1.807, 2.05) is 30.0 Å². The van der Waals surface area contributed by atoms with Gasteiger partial charge in [0.1, 0.15) is 0 Å². The zero-order valence-electron chi connectivity index (χ0n) is 17.2. The smallest absolute Gasteiger partial charge is 0.243 e. The largest absolute Gasteiger partial charge is 0.376 e. The van der Waals surface area contributed by atoms with Gasteiger partial charge in [0.05, 0.1) is 6.54 Å². The van der Waals surface area contributed by atoms with E-state index >= 15 is 0 Å². The highest BCUT2D eigenvalue weighted by Gasteiger charge is 2.19. The molecule has 0 aromatic heterocycles. The first-order chi connectivity index (χ1) is 14.3. The summed E-state index contributed by atoms with van der Waals surface area (Å²) in [5.74, 6) is -2.07. The van der Waals surface area contributed by atoms with Crippen molar-refractivity contribution in [3.8, 4) is 0 Å². The first-order valence-corrected chi connectivity index (χ1v) is 9.88. The molecule has 8 heteroatoms. The van der Waals surface area contributed by atoms with Crippen molar-refractivity contribution >= 4 is 23.2 Å². The number of halogens is 2. The van der Waals surface area contributed by atoms with Crippen LogP contribution in [0.1, 0.15) is 18.1 Å². The number of nitrogens with zero attached hydrogens (tertiary/aromatic N) is 2. The van der Waals surface area contributed by atoms with Crippen LogP contribution in [-0.4, -0.2) is 54.3 Å². The van der Waals surface area contributed by atoms with Crippen LogP contribution in [0.5, 0.6) is 0 Å². The molecule has 2 aromatic carbocycles. The van der Waals surface area contributed by atoms with Crippen molar-refractivity contribution in [1.29, 1.82) is 0 Å². The molecular weight excluding hydrogens is 390 g/mol. The fourth-order valence-corrected chi connectivity index (χ4v) is 3.43. The Morgan fingerprint density at radius 3 is 2.43 bits per heavy atom. The number of benzene rings is 2. The summed E-state index contributed by atoms with van der Waals surface area (Å²) < 4.78 is 26.2. The summed E-state index contributed by atoms with van der Waals surface area (Å²) in [5, 5.41) is 5.65. The van der Waals surface area contributed by atoms with Gasteiger partial charge in [-0.3, -0.25) is 14.5 Å². The average Bonchev–Trinajstić information content (AvgIpc) is 2.72. The van der Waals surface area contributed by atoms with Crippen LogP contribution < -0.4 is 10.6 Å². The van der Waals surface area contributed by atoms with Crippen LogP contribution in [0.4, 0.5) is 20.2 Å². The van der Waals surface area contributed by atoms with Crippen LogP contribution in [0.15, 0.2) is 36.4 Å². The predicted molar refractivity (Wildman–Crippen MR) is 112 cm³/mol. The minimum absolute atomic E-state index is 0.0677. The van der Waals surface area contributed by atoms with Gasteiger partial charge in [0.15, 0.2) is 11.6 Å². The van der Waals surface area contributed by atoms with Crippen molar-refractivity contribution in [2.24, 2.45) is 0 Å². The van der Waals surface area contributed by atoms with Crippen molar-refractivity contribution in [2.45, 2.75) is 20.4 Å². The molecule has 0 aliphatic carbocycles. The molecule has 1 heterocycles. The molecule has 0 bridgehead atoms. The Kier molecular flexibility index (Phi) is 6.99. The Morgan fingerprint density at radius 1 is 1.03 bits per heavy atom. The second-order valence-electron chi connectivity index (χ2n) is 7.40. The molecule has 0 atom stereocenters. The third-order valence-electron chi connectivity index (χ3n) is 5.30. The van der Waals surface area contributed by atoms with Gasteiger partial charge in [-0.05, 0) is 36.2 Å². The number of anilines is 2. The van der Waals surface area contributed by atoms with E-state index in [9.17, 15) is 18.4 Å². The third kappa shape index (κ3) is 5.54. The van der Waals surface area contributed by atoms with Gasteiger partial charge >= 0.3 is 0 Å². The summed E-state index contributed by atoms with van der Waals surface area (Å²) in [6.45, 7) is 7.30. The molecule has 1 aliphatic rings. The summed E-state index contributed by atoms with van der Waals surface area (Å²) in [6.07, 6.45) is 0. The fourth-order valence-electron chi connectivity index (χ4n) is 3.43. The molecule has 6 nitrogen and oxygen atoms in total. The minimum Gasteiger partial charge on any atom is -0.376 e. The summed E-state index contributed by atoms with van der Waals surface area (Å²) in [7, 11) is 0. The topological polar surface area (TPSA) is 64.7 Å². The highest BCUT2D eigenvalue weighted by atomic mass is 19.2. The van der Waals surface area contributed by atoms with Gasteiger partial charge in [-0.25, -0.2) is 8.78 Å². The summed E-state index contributed by atoms with van der Waals surface area (Å²) in [4.78, 5) is 27.9. The molecule has 2 N–H and O–H groups in total. The maximum atomic E-state index is 13.3. The molecule has 1 fully saturated rings. The van der Waals surface area contributed by atoms with E-state index < -0.39 is 11.6 Å². The second kappa shape index (κ2) is 9.67. The van der Waals surface area contributed by atoms with E-state index in [1.54, 1.807) is 6.92 Å². The Morgan fingerprint density at radius 2 is 1.77 bits per heavy atom. The van der Waals surface area contributed by atoms with Gasteiger partial charge in [0.25, 0.3) is 0 Å². The van der Waals surface area contributed by atoms with E-state index in [0.717, 1.165) is 56.0 Å². The highest BCUT2D eigenvalue weighted by molar-refractivity contribution is 5.94. The molecule has 0 spiro atoms. The monoisotopic (exact) mass is 416 g/mol. The number of carbonyl (C=O) groups excluding carboxylic acids is 2. The van der Waals surface area contributed by atoms with Crippen molar-refractivity contribution in [3.63, 3.8) is 0 Å². The lowest BCUT2D eigenvalue weighted by atomic mass is 10.1. The molecule has 0 radical (unpaired) electrons. The number of carbonyl (C=O) groups is 2. The number of hydrogen-bond acceptors (Lipinski definition) is 4. The molecule has 1 saturated heterocycles. The SMILES string of the molecule is CC(=O)N1CCN(Cc2cccc(NC(=O)CNc3ccc(F)c(F)c3)c2C)CC1. The maximum Gasteiger partial charge on any atom is 0.243 e. The quantitative estimate of drug-likeness (QED) is 0.760. The normalized spacial score (nSPS) is 14.5. The first-order valence-electron chi connectivity index (χ1n) is 9.88. The highest BCUT2D eigenvalue weighted by Crippen LogP contribution is 2.21. The Hall–Kier alpha value is -3.00. The van der Waals surface area contributed by atoms with E-state index in [4.69, 9.17) is 0 Å². The standard InChI is InChI=1S/C22H26F2N4O2/c1-15-17(14-27-8-10-28(11-9-27)16(2)29)4-3-5-21(15)26-22(30)13-25-18-6-7-19(23)20(24)12-18/h3-7,12,25H,8-11,13-14H2,1-2H3,(H,26,30). The van der Waals surface area contributed by atoms with E-state index in [0.29, 0.717) is 11.4 Å².